The molecular formula is C21H26N2O3S. The number of rotatable bonds is 7. The molecule has 1 amide bonds. The van der Waals surface area contributed by atoms with Crippen LogP contribution in [0.1, 0.15) is 36.5 Å². The van der Waals surface area contributed by atoms with Gasteiger partial charge in [-0.25, -0.2) is 8.42 Å². The summed E-state index contributed by atoms with van der Waals surface area (Å²) in [6.07, 6.45) is 2.43. The number of hydrogen-bond acceptors (Lipinski definition) is 3. The van der Waals surface area contributed by atoms with E-state index in [1.807, 2.05) is 55.5 Å². The first-order valence-electron chi connectivity index (χ1n) is 9.41. The van der Waals surface area contributed by atoms with Gasteiger partial charge in [-0.1, -0.05) is 43.3 Å². The zero-order valence-electron chi connectivity index (χ0n) is 15.6. The van der Waals surface area contributed by atoms with Crippen LogP contribution in [0.15, 0.2) is 48.5 Å². The minimum absolute atomic E-state index is 0.0370. The SMILES string of the molecule is CCCS(=O)(=O)N1CCc2ccc(NC(=O)CCc3ccccc3)cc2C1. The van der Waals surface area contributed by atoms with Gasteiger partial charge in [0, 0.05) is 25.2 Å². The maximum absolute atomic E-state index is 12.3. The van der Waals surface area contributed by atoms with Gasteiger partial charge in [0.05, 0.1) is 5.75 Å². The van der Waals surface area contributed by atoms with Crippen LogP contribution in [0.25, 0.3) is 0 Å². The Bertz CT molecular complexity index is 895. The van der Waals surface area contributed by atoms with E-state index in [0.717, 1.165) is 22.4 Å². The quantitative estimate of drug-likeness (QED) is 0.793. The molecule has 3 rings (SSSR count). The van der Waals surface area contributed by atoms with Crippen molar-refractivity contribution in [3.63, 3.8) is 0 Å². The molecule has 6 heteroatoms. The Morgan fingerprint density at radius 3 is 2.63 bits per heavy atom. The highest BCUT2D eigenvalue weighted by Crippen LogP contribution is 2.25. The van der Waals surface area contributed by atoms with Crippen molar-refractivity contribution in [3.05, 3.63) is 65.2 Å². The zero-order chi connectivity index (χ0) is 19.3. The van der Waals surface area contributed by atoms with Gasteiger partial charge in [-0.3, -0.25) is 4.79 Å². The molecule has 0 aromatic heterocycles. The van der Waals surface area contributed by atoms with Gasteiger partial charge in [0.25, 0.3) is 0 Å². The fraction of sp³-hybridized carbons (Fsp3) is 0.381. The molecule has 0 unspecified atom stereocenters. The molecule has 27 heavy (non-hydrogen) atoms. The predicted molar refractivity (Wildman–Crippen MR) is 108 cm³/mol. The van der Waals surface area contributed by atoms with E-state index >= 15 is 0 Å². The summed E-state index contributed by atoms with van der Waals surface area (Å²) in [6.45, 7) is 2.78. The molecule has 1 aliphatic heterocycles. The molecule has 144 valence electrons. The van der Waals surface area contributed by atoms with Gasteiger partial charge in [-0.2, -0.15) is 4.31 Å². The normalized spacial score (nSPS) is 14.6. The minimum atomic E-state index is -3.21. The fourth-order valence-corrected chi connectivity index (χ4v) is 4.84. The van der Waals surface area contributed by atoms with Crippen molar-refractivity contribution in [2.75, 3.05) is 17.6 Å². The largest absolute Gasteiger partial charge is 0.326 e. The molecule has 0 radical (unpaired) electrons. The number of carbonyl (C=O) groups is 1. The second kappa shape index (κ2) is 8.67. The average Bonchev–Trinajstić information content (AvgIpc) is 2.66. The summed E-state index contributed by atoms with van der Waals surface area (Å²) < 4.78 is 26.2. The highest BCUT2D eigenvalue weighted by Gasteiger charge is 2.26. The molecule has 1 N–H and O–H groups in total. The molecule has 5 nitrogen and oxygen atoms in total. The molecule has 1 aliphatic rings. The van der Waals surface area contributed by atoms with Gasteiger partial charge < -0.3 is 5.32 Å². The smallest absolute Gasteiger partial charge is 0.224 e. The van der Waals surface area contributed by atoms with E-state index in [0.29, 0.717) is 38.8 Å². The summed E-state index contributed by atoms with van der Waals surface area (Å²) in [7, 11) is -3.21. The second-order valence-corrected chi connectivity index (χ2v) is 9.01. The van der Waals surface area contributed by atoms with Crippen LogP contribution in [0.5, 0.6) is 0 Å². The van der Waals surface area contributed by atoms with E-state index in [1.165, 1.54) is 0 Å². The van der Waals surface area contributed by atoms with Gasteiger partial charge in [0.15, 0.2) is 0 Å². The first-order chi connectivity index (χ1) is 13.0. The van der Waals surface area contributed by atoms with Crippen molar-refractivity contribution in [3.8, 4) is 0 Å². The van der Waals surface area contributed by atoms with E-state index in [2.05, 4.69) is 5.32 Å². The molecule has 0 saturated carbocycles. The number of aryl methyl sites for hydroxylation is 1. The maximum Gasteiger partial charge on any atom is 0.224 e. The summed E-state index contributed by atoms with van der Waals surface area (Å²) in [5.41, 5.74) is 3.98. The number of nitrogens with zero attached hydrogens (tertiary/aromatic N) is 1. The topological polar surface area (TPSA) is 66.5 Å². The highest BCUT2D eigenvalue weighted by molar-refractivity contribution is 7.89. The Kier molecular flexibility index (Phi) is 6.29. The Hall–Kier alpha value is -2.18. The first kappa shape index (κ1) is 19.6. The third kappa shape index (κ3) is 5.17. The molecule has 0 bridgehead atoms. The molecule has 0 aliphatic carbocycles. The van der Waals surface area contributed by atoms with E-state index < -0.39 is 10.0 Å². The lowest BCUT2D eigenvalue weighted by Crippen LogP contribution is -2.37. The van der Waals surface area contributed by atoms with Gasteiger partial charge in [0.2, 0.25) is 15.9 Å². The number of carbonyl (C=O) groups excluding carboxylic acids is 1. The van der Waals surface area contributed by atoms with Crippen molar-refractivity contribution in [2.45, 2.75) is 39.2 Å². The highest BCUT2D eigenvalue weighted by atomic mass is 32.2. The lowest BCUT2D eigenvalue weighted by molar-refractivity contribution is -0.116. The van der Waals surface area contributed by atoms with Gasteiger partial charge in [0.1, 0.15) is 0 Å². The molecule has 0 fully saturated rings. The molecule has 1 heterocycles. The Morgan fingerprint density at radius 2 is 1.89 bits per heavy atom. The summed E-state index contributed by atoms with van der Waals surface area (Å²) >= 11 is 0. The Balaban J connectivity index is 1.63. The van der Waals surface area contributed by atoms with Crippen LogP contribution < -0.4 is 5.32 Å². The zero-order valence-corrected chi connectivity index (χ0v) is 16.5. The number of hydrogen-bond donors (Lipinski definition) is 1. The number of benzene rings is 2. The van der Waals surface area contributed by atoms with Crippen molar-refractivity contribution in [1.82, 2.24) is 4.31 Å². The minimum Gasteiger partial charge on any atom is -0.326 e. The monoisotopic (exact) mass is 386 g/mol. The summed E-state index contributed by atoms with van der Waals surface area (Å²) in [6, 6.07) is 15.7. The molecule has 2 aromatic carbocycles. The van der Waals surface area contributed by atoms with Crippen LogP contribution in [0.4, 0.5) is 5.69 Å². The Labute approximate surface area is 161 Å². The van der Waals surface area contributed by atoms with Crippen molar-refractivity contribution in [1.29, 1.82) is 0 Å². The third-order valence-corrected chi connectivity index (χ3v) is 6.83. The van der Waals surface area contributed by atoms with E-state index in [1.54, 1.807) is 4.31 Å². The molecule has 0 saturated heterocycles. The van der Waals surface area contributed by atoms with Gasteiger partial charge in [-0.05, 0) is 48.1 Å². The van der Waals surface area contributed by atoms with Crippen LogP contribution >= 0.6 is 0 Å². The summed E-state index contributed by atoms with van der Waals surface area (Å²) in [4.78, 5) is 12.2. The van der Waals surface area contributed by atoms with E-state index in [9.17, 15) is 13.2 Å². The lowest BCUT2D eigenvalue weighted by Gasteiger charge is -2.28. The fourth-order valence-electron chi connectivity index (χ4n) is 3.36. The van der Waals surface area contributed by atoms with Crippen LogP contribution in [0.3, 0.4) is 0 Å². The maximum atomic E-state index is 12.3. The molecule has 0 spiro atoms. The molecule has 2 aromatic rings. The van der Waals surface area contributed by atoms with Crippen molar-refractivity contribution >= 4 is 21.6 Å². The molecule has 0 atom stereocenters. The number of anilines is 1. The second-order valence-electron chi connectivity index (χ2n) is 6.92. The standard InChI is InChI=1S/C21H26N2O3S/c1-2-14-27(25,26)23-13-12-18-9-10-20(15-19(18)16-23)22-21(24)11-8-17-6-4-3-5-7-17/h3-7,9-10,15H,2,8,11-14,16H2,1H3,(H,22,24). The van der Waals surface area contributed by atoms with Crippen LogP contribution in [-0.2, 0) is 34.2 Å². The first-order valence-corrected chi connectivity index (χ1v) is 11.0. The number of fused-ring (bicyclic) bond motifs is 1. The summed E-state index contributed by atoms with van der Waals surface area (Å²) in [5.74, 6) is 0.142. The van der Waals surface area contributed by atoms with Crippen LogP contribution in [0.2, 0.25) is 0 Å². The number of nitrogens with one attached hydrogen (secondary N) is 1. The average molecular weight is 387 g/mol. The summed E-state index contributed by atoms with van der Waals surface area (Å²) in [5, 5.41) is 2.93. The lowest BCUT2D eigenvalue weighted by atomic mass is 10.0. The van der Waals surface area contributed by atoms with E-state index in [-0.39, 0.29) is 11.7 Å². The predicted octanol–water partition coefficient (Wildman–Crippen LogP) is 3.36. The Morgan fingerprint density at radius 1 is 1.11 bits per heavy atom. The van der Waals surface area contributed by atoms with Crippen LogP contribution in [-0.4, -0.2) is 30.9 Å². The number of amides is 1. The third-order valence-electron chi connectivity index (χ3n) is 4.81. The van der Waals surface area contributed by atoms with Crippen molar-refractivity contribution < 1.29 is 13.2 Å². The van der Waals surface area contributed by atoms with E-state index in [4.69, 9.17) is 0 Å². The van der Waals surface area contributed by atoms with Crippen molar-refractivity contribution in [2.24, 2.45) is 0 Å². The van der Waals surface area contributed by atoms with Gasteiger partial charge >= 0.3 is 0 Å². The van der Waals surface area contributed by atoms with Crippen LogP contribution in [0, 0.1) is 0 Å². The number of sulfonamides is 1. The van der Waals surface area contributed by atoms with Gasteiger partial charge in [-0.15, -0.1) is 0 Å². The molecular weight excluding hydrogens is 360 g/mol.